The van der Waals surface area contributed by atoms with Crippen molar-refractivity contribution >= 4 is 5.78 Å². The van der Waals surface area contributed by atoms with Crippen LogP contribution in [0.2, 0.25) is 0 Å². The van der Waals surface area contributed by atoms with Crippen molar-refractivity contribution in [3.63, 3.8) is 0 Å². The van der Waals surface area contributed by atoms with Crippen molar-refractivity contribution in [2.75, 3.05) is 13.1 Å². The molecule has 1 aliphatic heterocycles. The van der Waals surface area contributed by atoms with Crippen LogP contribution in [0.15, 0.2) is 18.2 Å². The molecule has 0 aliphatic carbocycles. The van der Waals surface area contributed by atoms with Crippen LogP contribution in [0, 0.1) is 5.41 Å². The molecule has 0 atom stereocenters. The summed E-state index contributed by atoms with van der Waals surface area (Å²) in [5.74, 6) is 0.327. The van der Waals surface area contributed by atoms with Gasteiger partial charge in [0.2, 0.25) is 0 Å². The molecule has 0 unspecified atom stereocenters. The largest absolute Gasteiger partial charge is 0.508 e. The van der Waals surface area contributed by atoms with Crippen LogP contribution in [0.5, 0.6) is 5.75 Å². The molecule has 0 aromatic heterocycles. The Morgan fingerprint density at radius 2 is 2.16 bits per heavy atom. The Balaban J connectivity index is 2.14. The quantitative estimate of drug-likeness (QED) is 0.849. The van der Waals surface area contributed by atoms with E-state index in [4.69, 9.17) is 0 Å². The van der Waals surface area contributed by atoms with Crippen molar-refractivity contribution in [3.8, 4) is 5.75 Å². The van der Waals surface area contributed by atoms with Crippen molar-refractivity contribution in [3.05, 3.63) is 29.3 Å². The van der Waals surface area contributed by atoms with E-state index in [0.29, 0.717) is 11.0 Å². The summed E-state index contributed by atoms with van der Waals surface area (Å²) in [5, 5.41) is 9.94. The third kappa shape index (κ3) is 3.57. The maximum atomic E-state index is 11.4. The lowest BCUT2D eigenvalue weighted by Gasteiger charge is -2.38. The number of carbonyl (C=O) groups excluding carboxylic acids is 1. The molecule has 104 valence electrons. The Bertz CT molecular complexity index is 480. The highest BCUT2D eigenvalue weighted by Crippen LogP contribution is 2.30. The minimum atomic E-state index is 0.0419. The number of benzene rings is 1. The van der Waals surface area contributed by atoms with Gasteiger partial charge in [0.05, 0.1) is 0 Å². The Hall–Kier alpha value is -1.35. The first-order valence-corrected chi connectivity index (χ1v) is 6.93. The van der Waals surface area contributed by atoms with Gasteiger partial charge in [-0.15, -0.1) is 0 Å². The number of carbonyl (C=O) groups is 1. The van der Waals surface area contributed by atoms with Crippen molar-refractivity contribution in [1.29, 1.82) is 0 Å². The monoisotopic (exact) mass is 261 g/mol. The fraction of sp³-hybridized carbons (Fsp3) is 0.562. The van der Waals surface area contributed by atoms with Gasteiger partial charge in [-0.2, -0.15) is 0 Å². The van der Waals surface area contributed by atoms with E-state index in [1.54, 1.807) is 19.1 Å². The van der Waals surface area contributed by atoms with E-state index >= 15 is 0 Å². The number of phenolic OH excluding ortho intramolecular Hbond substituents is 1. The van der Waals surface area contributed by atoms with Crippen LogP contribution in [-0.2, 0) is 6.54 Å². The predicted octanol–water partition coefficient (Wildman–Crippen LogP) is 3.22. The molecule has 0 spiro atoms. The maximum absolute atomic E-state index is 11.4. The Morgan fingerprint density at radius 1 is 1.42 bits per heavy atom. The molecule has 0 amide bonds. The molecule has 3 heteroatoms. The second kappa shape index (κ2) is 5.33. The summed E-state index contributed by atoms with van der Waals surface area (Å²) < 4.78 is 0. The number of likely N-dealkylation sites (tertiary alicyclic amines) is 1. The lowest BCUT2D eigenvalue weighted by atomic mass is 9.84. The summed E-state index contributed by atoms with van der Waals surface area (Å²) in [7, 11) is 0. The van der Waals surface area contributed by atoms with E-state index in [0.717, 1.165) is 25.2 Å². The Labute approximate surface area is 115 Å². The van der Waals surface area contributed by atoms with Crippen molar-refractivity contribution in [1.82, 2.24) is 4.90 Å². The number of phenols is 1. The summed E-state index contributed by atoms with van der Waals surface area (Å²) in [6, 6.07) is 5.13. The zero-order valence-electron chi connectivity index (χ0n) is 12.1. The molecule has 0 saturated carbocycles. The van der Waals surface area contributed by atoms with Crippen LogP contribution in [0.1, 0.15) is 49.5 Å². The molecule has 1 heterocycles. The van der Waals surface area contributed by atoms with Gasteiger partial charge in [0.25, 0.3) is 0 Å². The summed E-state index contributed by atoms with van der Waals surface area (Å²) >= 11 is 0. The minimum absolute atomic E-state index is 0.0419. The lowest BCUT2D eigenvalue weighted by molar-refractivity contribution is 0.101. The molecule has 0 bridgehead atoms. The van der Waals surface area contributed by atoms with Crippen molar-refractivity contribution in [2.45, 2.75) is 40.2 Å². The van der Waals surface area contributed by atoms with Crippen LogP contribution in [0.25, 0.3) is 0 Å². The van der Waals surface area contributed by atoms with Gasteiger partial charge in [0.1, 0.15) is 5.75 Å². The van der Waals surface area contributed by atoms with Gasteiger partial charge in [-0.05, 0) is 49.9 Å². The summed E-state index contributed by atoms with van der Waals surface area (Å²) in [5.41, 5.74) is 1.86. The lowest BCUT2D eigenvalue weighted by Crippen LogP contribution is -2.39. The molecule has 1 aliphatic rings. The van der Waals surface area contributed by atoms with E-state index in [1.807, 2.05) is 6.07 Å². The van der Waals surface area contributed by atoms with Gasteiger partial charge in [-0.25, -0.2) is 0 Å². The van der Waals surface area contributed by atoms with Crippen LogP contribution >= 0.6 is 0 Å². The van der Waals surface area contributed by atoms with E-state index in [1.165, 1.54) is 12.8 Å². The topological polar surface area (TPSA) is 40.5 Å². The normalized spacial score (nSPS) is 19.3. The number of ketones is 1. The molecule has 1 aromatic rings. The first-order chi connectivity index (χ1) is 8.87. The molecule has 1 aromatic carbocycles. The average molecular weight is 261 g/mol. The average Bonchev–Trinajstić information content (AvgIpc) is 2.30. The standard InChI is InChI=1S/C16H23NO2/c1-12(18)13-5-6-15(19)14(9-13)10-17-8-4-7-16(2,3)11-17/h5-6,9,19H,4,7-8,10-11H2,1-3H3. The molecule has 19 heavy (non-hydrogen) atoms. The van der Waals surface area contributed by atoms with Gasteiger partial charge in [-0.1, -0.05) is 13.8 Å². The molecular formula is C16H23NO2. The minimum Gasteiger partial charge on any atom is -0.508 e. The number of Topliss-reactive ketones (excluding diaryl/α,β-unsaturated/α-hetero) is 1. The van der Waals surface area contributed by atoms with Gasteiger partial charge in [-0.3, -0.25) is 9.69 Å². The molecule has 1 fully saturated rings. The SMILES string of the molecule is CC(=O)c1ccc(O)c(CN2CCCC(C)(C)C2)c1. The summed E-state index contributed by atoms with van der Waals surface area (Å²) in [6.07, 6.45) is 2.45. The molecule has 0 radical (unpaired) electrons. The highest BCUT2D eigenvalue weighted by atomic mass is 16.3. The van der Waals surface area contributed by atoms with E-state index in [2.05, 4.69) is 18.7 Å². The predicted molar refractivity (Wildman–Crippen MR) is 76.4 cm³/mol. The first-order valence-electron chi connectivity index (χ1n) is 6.93. The second-order valence-corrected chi connectivity index (χ2v) is 6.38. The smallest absolute Gasteiger partial charge is 0.159 e. The van der Waals surface area contributed by atoms with Crippen LogP contribution in [0.4, 0.5) is 0 Å². The Morgan fingerprint density at radius 3 is 2.79 bits per heavy atom. The fourth-order valence-corrected chi connectivity index (χ4v) is 2.85. The zero-order chi connectivity index (χ0) is 14.0. The third-order valence-electron chi connectivity index (χ3n) is 3.86. The number of rotatable bonds is 3. The molecule has 1 saturated heterocycles. The maximum Gasteiger partial charge on any atom is 0.159 e. The molecular weight excluding hydrogens is 238 g/mol. The van der Waals surface area contributed by atoms with Crippen LogP contribution in [-0.4, -0.2) is 28.9 Å². The van der Waals surface area contributed by atoms with E-state index < -0.39 is 0 Å². The van der Waals surface area contributed by atoms with Gasteiger partial charge < -0.3 is 5.11 Å². The Kier molecular flexibility index (Phi) is 3.95. The number of aromatic hydroxyl groups is 1. The summed E-state index contributed by atoms with van der Waals surface area (Å²) in [4.78, 5) is 13.8. The highest BCUT2D eigenvalue weighted by molar-refractivity contribution is 5.94. The van der Waals surface area contributed by atoms with Crippen LogP contribution < -0.4 is 0 Å². The van der Waals surface area contributed by atoms with E-state index in [9.17, 15) is 9.90 Å². The summed E-state index contributed by atoms with van der Waals surface area (Å²) in [6.45, 7) is 8.94. The van der Waals surface area contributed by atoms with Crippen LogP contribution in [0.3, 0.4) is 0 Å². The number of hydrogen-bond donors (Lipinski definition) is 1. The molecule has 1 N–H and O–H groups in total. The highest BCUT2D eigenvalue weighted by Gasteiger charge is 2.26. The van der Waals surface area contributed by atoms with Crippen molar-refractivity contribution < 1.29 is 9.90 Å². The second-order valence-electron chi connectivity index (χ2n) is 6.38. The molecule has 2 rings (SSSR count). The fourth-order valence-electron chi connectivity index (χ4n) is 2.85. The van der Waals surface area contributed by atoms with Gasteiger partial charge >= 0.3 is 0 Å². The first kappa shape index (κ1) is 14.1. The number of piperidine rings is 1. The zero-order valence-corrected chi connectivity index (χ0v) is 12.1. The third-order valence-corrected chi connectivity index (χ3v) is 3.86. The van der Waals surface area contributed by atoms with E-state index in [-0.39, 0.29) is 11.5 Å². The van der Waals surface area contributed by atoms with Gasteiger partial charge in [0.15, 0.2) is 5.78 Å². The number of hydrogen-bond acceptors (Lipinski definition) is 3. The molecule has 3 nitrogen and oxygen atoms in total. The van der Waals surface area contributed by atoms with Crippen molar-refractivity contribution in [2.24, 2.45) is 5.41 Å². The number of nitrogens with zero attached hydrogens (tertiary/aromatic N) is 1. The van der Waals surface area contributed by atoms with Gasteiger partial charge in [0, 0.05) is 24.2 Å².